The molecule has 0 radical (unpaired) electrons. The van der Waals surface area contributed by atoms with Gasteiger partial charge in [-0.2, -0.15) is 10.1 Å². The zero-order chi connectivity index (χ0) is 24.0. The standard InChI is InChI=1S/C24H31N7O3/c1-14-20(30(15(2)32)13-21(14)33)12-31-23-18(10-26-31)9-25-24(28-23)27-19-7-17-11-29(3)6-5-16(17)8-22(19)34-4/h7-10,14,20-21,33H,5-6,11-13H2,1-4H3,(H,25,27,28)/t14-,20-,21-/m1/s1. The number of anilines is 2. The number of aliphatic hydroxyl groups is 1. The molecule has 1 amide bonds. The number of benzene rings is 1. The van der Waals surface area contributed by atoms with Gasteiger partial charge in [0.2, 0.25) is 11.9 Å². The second-order valence-corrected chi connectivity index (χ2v) is 9.40. The minimum absolute atomic E-state index is 0.0491. The molecule has 2 aliphatic heterocycles. The number of nitrogens with one attached hydrogen (secondary N) is 1. The molecule has 2 N–H and O–H groups in total. The molecule has 10 nitrogen and oxygen atoms in total. The van der Waals surface area contributed by atoms with E-state index in [1.807, 2.05) is 6.92 Å². The number of methoxy groups -OCH3 is 1. The second-order valence-electron chi connectivity index (χ2n) is 9.40. The highest BCUT2D eigenvalue weighted by Gasteiger charge is 2.39. The van der Waals surface area contributed by atoms with Crippen LogP contribution in [-0.4, -0.2) is 80.0 Å². The van der Waals surface area contributed by atoms with Crippen molar-refractivity contribution in [2.75, 3.05) is 32.6 Å². The number of likely N-dealkylation sites (tertiary alicyclic amines) is 1. The average molecular weight is 466 g/mol. The van der Waals surface area contributed by atoms with Crippen molar-refractivity contribution in [2.24, 2.45) is 5.92 Å². The highest BCUT2D eigenvalue weighted by molar-refractivity contribution is 5.76. The molecule has 2 aliphatic rings. The Morgan fingerprint density at radius 2 is 2.12 bits per heavy atom. The Morgan fingerprint density at radius 1 is 1.29 bits per heavy atom. The van der Waals surface area contributed by atoms with Crippen LogP contribution in [0.3, 0.4) is 0 Å². The Hall–Kier alpha value is -3.24. The first-order valence-corrected chi connectivity index (χ1v) is 11.6. The topological polar surface area (TPSA) is 109 Å². The number of aromatic nitrogens is 4. The van der Waals surface area contributed by atoms with Crippen molar-refractivity contribution >= 4 is 28.6 Å². The van der Waals surface area contributed by atoms with Gasteiger partial charge in [0, 0.05) is 38.7 Å². The Labute approximate surface area is 198 Å². The maximum Gasteiger partial charge on any atom is 0.229 e. The zero-order valence-corrected chi connectivity index (χ0v) is 20.0. The van der Waals surface area contributed by atoms with E-state index in [1.54, 1.807) is 29.1 Å². The van der Waals surface area contributed by atoms with Crippen molar-refractivity contribution in [3.8, 4) is 5.75 Å². The van der Waals surface area contributed by atoms with Crippen LogP contribution in [-0.2, 0) is 24.3 Å². The maximum absolute atomic E-state index is 12.1. The molecule has 4 heterocycles. The van der Waals surface area contributed by atoms with Gasteiger partial charge in [-0.05, 0) is 36.7 Å². The van der Waals surface area contributed by atoms with Crippen LogP contribution in [0.25, 0.3) is 11.0 Å². The molecule has 1 fully saturated rings. The van der Waals surface area contributed by atoms with E-state index >= 15 is 0 Å². The minimum Gasteiger partial charge on any atom is -0.495 e. The first kappa shape index (κ1) is 22.5. The summed E-state index contributed by atoms with van der Waals surface area (Å²) in [5.74, 6) is 1.10. The number of hydrogen-bond donors (Lipinski definition) is 2. The Morgan fingerprint density at radius 3 is 2.88 bits per heavy atom. The smallest absolute Gasteiger partial charge is 0.229 e. The lowest BCUT2D eigenvalue weighted by atomic mass is 9.99. The first-order chi connectivity index (χ1) is 16.3. The fourth-order valence-corrected chi connectivity index (χ4v) is 5.02. The third-order valence-corrected chi connectivity index (χ3v) is 7.11. The van der Waals surface area contributed by atoms with Gasteiger partial charge >= 0.3 is 0 Å². The summed E-state index contributed by atoms with van der Waals surface area (Å²) < 4.78 is 7.43. The summed E-state index contributed by atoms with van der Waals surface area (Å²) >= 11 is 0. The van der Waals surface area contributed by atoms with Crippen LogP contribution in [0.5, 0.6) is 5.75 Å². The third-order valence-electron chi connectivity index (χ3n) is 7.11. The van der Waals surface area contributed by atoms with Crippen LogP contribution in [0.4, 0.5) is 11.6 Å². The summed E-state index contributed by atoms with van der Waals surface area (Å²) in [6.07, 6.45) is 3.92. The van der Waals surface area contributed by atoms with Crippen molar-refractivity contribution in [3.05, 3.63) is 35.7 Å². The molecule has 2 aromatic heterocycles. The van der Waals surface area contributed by atoms with Crippen molar-refractivity contribution in [1.82, 2.24) is 29.5 Å². The normalized spacial score (nSPS) is 22.7. The van der Waals surface area contributed by atoms with Crippen molar-refractivity contribution in [2.45, 2.75) is 45.5 Å². The molecular weight excluding hydrogens is 434 g/mol. The molecule has 0 bridgehead atoms. The van der Waals surface area contributed by atoms with Gasteiger partial charge in [0.05, 0.1) is 43.1 Å². The summed E-state index contributed by atoms with van der Waals surface area (Å²) in [4.78, 5) is 25.3. The van der Waals surface area contributed by atoms with Gasteiger partial charge in [-0.25, -0.2) is 9.67 Å². The van der Waals surface area contributed by atoms with Crippen LogP contribution in [0, 0.1) is 5.92 Å². The number of fused-ring (bicyclic) bond motifs is 2. The molecule has 5 rings (SSSR count). The van der Waals surface area contributed by atoms with Crippen LogP contribution < -0.4 is 10.1 Å². The average Bonchev–Trinajstić information content (AvgIpc) is 3.34. The largest absolute Gasteiger partial charge is 0.495 e. The third kappa shape index (κ3) is 4.07. The molecule has 180 valence electrons. The van der Waals surface area contributed by atoms with Crippen LogP contribution >= 0.6 is 0 Å². The predicted molar refractivity (Wildman–Crippen MR) is 128 cm³/mol. The van der Waals surface area contributed by atoms with Gasteiger partial charge in [-0.3, -0.25) is 4.79 Å². The number of likely N-dealkylation sites (N-methyl/N-ethyl adjacent to an activating group) is 1. The molecule has 10 heteroatoms. The van der Waals surface area contributed by atoms with Gasteiger partial charge in [0.1, 0.15) is 5.75 Å². The van der Waals surface area contributed by atoms with Gasteiger partial charge in [-0.15, -0.1) is 0 Å². The van der Waals surface area contributed by atoms with E-state index in [4.69, 9.17) is 9.72 Å². The molecule has 1 saturated heterocycles. The number of aliphatic hydroxyl groups excluding tert-OH is 1. The van der Waals surface area contributed by atoms with Gasteiger partial charge < -0.3 is 25.0 Å². The molecule has 34 heavy (non-hydrogen) atoms. The fourth-order valence-electron chi connectivity index (χ4n) is 5.02. The number of β-amino-alcohol motifs (C(OH)–C–C–N with tert-alkyl or cyclic N) is 1. The number of nitrogens with zero attached hydrogens (tertiary/aromatic N) is 6. The predicted octanol–water partition coefficient (Wildman–Crippen LogP) is 1.79. The molecule has 1 aromatic carbocycles. The van der Waals surface area contributed by atoms with Crippen molar-refractivity contribution in [3.63, 3.8) is 0 Å². The number of carbonyl (C=O) groups excluding carboxylic acids is 1. The quantitative estimate of drug-likeness (QED) is 0.587. The molecule has 0 spiro atoms. The lowest BCUT2D eigenvalue weighted by Crippen LogP contribution is -2.39. The van der Waals surface area contributed by atoms with Gasteiger partial charge in [0.15, 0.2) is 5.65 Å². The Balaban J connectivity index is 1.44. The van der Waals surface area contributed by atoms with Crippen LogP contribution in [0.2, 0.25) is 0 Å². The summed E-state index contributed by atoms with van der Waals surface area (Å²) in [7, 11) is 3.79. The molecule has 0 aliphatic carbocycles. The molecule has 0 unspecified atom stereocenters. The van der Waals surface area contributed by atoms with Crippen molar-refractivity contribution < 1.29 is 14.6 Å². The number of amides is 1. The van der Waals surface area contributed by atoms with E-state index in [0.717, 1.165) is 36.3 Å². The Kier molecular flexibility index (Phi) is 5.86. The van der Waals surface area contributed by atoms with E-state index < -0.39 is 6.10 Å². The monoisotopic (exact) mass is 465 g/mol. The van der Waals surface area contributed by atoms with E-state index in [0.29, 0.717) is 24.7 Å². The summed E-state index contributed by atoms with van der Waals surface area (Å²) in [5.41, 5.74) is 4.06. The molecule has 3 aromatic rings. The van der Waals surface area contributed by atoms with Gasteiger partial charge in [0.25, 0.3) is 0 Å². The van der Waals surface area contributed by atoms with E-state index in [2.05, 4.69) is 39.5 Å². The SMILES string of the molecule is COc1cc2c(cc1Nc1ncc3cnn(C[C@@H]4[C@@H](C)[C@H](O)CN4C(C)=O)c3n1)CN(C)CC2. The zero-order valence-electron chi connectivity index (χ0n) is 20.0. The van der Waals surface area contributed by atoms with Crippen LogP contribution in [0.15, 0.2) is 24.5 Å². The van der Waals surface area contributed by atoms with E-state index in [1.165, 1.54) is 18.1 Å². The number of rotatable bonds is 5. The number of ether oxygens (including phenoxy) is 1. The summed E-state index contributed by atoms with van der Waals surface area (Å²) in [5, 5.41) is 18.9. The summed E-state index contributed by atoms with van der Waals surface area (Å²) in [6.45, 7) is 6.21. The molecular formula is C24H31N7O3. The molecule has 0 saturated carbocycles. The lowest BCUT2D eigenvalue weighted by Gasteiger charge is -2.26. The highest BCUT2D eigenvalue weighted by Crippen LogP contribution is 2.33. The Bertz CT molecular complexity index is 1230. The van der Waals surface area contributed by atoms with Crippen LogP contribution in [0.1, 0.15) is 25.0 Å². The minimum atomic E-state index is -0.543. The van der Waals surface area contributed by atoms with E-state index in [9.17, 15) is 9.90 Å². The maximum atomic E-state index is 12.1. The number of carbonyl (C=O) groups is 1. The number of hydrogen-bond acceptors (Lipinski definition) is 8. The highest BCUT2D eigenvalue weighted by atomic mass is 16.5. The summed E-state index contributed by atoms with van der Waals surface area (Å²) in [6, 6.07) is 4.05. The van der Waals surface area contributed by atoms with Crippen molar-refractivity contribution in [1.29, 1.82) is 0 Å². The van der Waals surface area contributed by atoms with E-state index in [-0.39, 0.29) is 17.9 Å². The van der Waals surface area contributed by atoms with Gasteiger partial charge in [-0.1, -0.05) is 6.92 Å². The lowest BCUT2D eigenvalue weighted by molar-refractivity contribution is -0.130. The molecule has 3 atom stereocenters. The fraction of sp³-hybridized carbons (Fsp3) is 0.500. The first-order valence-electron chi connectivity index (χ1n) is 11.6. The second kappa shape index (κ2) is 8.84.